The van der Waals surface area contributed by atoms with E-state index in [1.54, 1.807) is 6.07 Å². The Labute approximate surface area is 144 Å². The summed E-state index contributed by atoms with van der Waals surface area (Å²) < 4.78 is 19.0. The molecule has 2 heterocycles. The lowest BCUT2D eigenvalue weighted by Crippen LogP contribution is -2.36. The SMILES string of the molecule is COC[C@@H]1CN(CC2CC2)C[C@@]12CCN(Cc1cccc(F)c1)C2. The molecule has 0 bridgehead atoms. The lowest BCUT2D eigenvalue weighted by Gasteiger charge is -2.30. The molecule has 3 aliphatic rings. The van der Waals surface area contributed by atoms with Gasteiger partial charge in [-0.2, -0.15) is 0 Å². The molecule has 1 aliphatic carbocycles. The second-order valence-electron chi connectivity index (χ2n) is 8.24. The molecule has 1 spiro atoms. The Morgan fingerprint density at radius 3 is 2.83 bits per heavy atom. The summed E-state index contributed by atoms with van der Waals surface area (Å²) in [6.07, 6.45) is 4.09. The van der Waals surface area contributed by atoms with E-state index in [2.05, 4.69) is 9.80 Å². The summed E-state index contributed by atoms with van der Waals surface area (Å²) in [5, 5.41) is 0. The molecular weight excluding hydrogens is 303 g/mol. The van der Waals surface area contributed by atoms with Crippen LogP contribution in [0.2, 0.25) is 0 Å². The Balaban J connectivity index is 1.42. The summed E-state index contributed by atoms with van der Waals surface area (Å²) in [5.74, 6) is 1.46. The average molecular weight is 332 g/mol. The van der Waals surface area contributed by atoms with Gasteiger partial charge in [-0.3, -0.25) is 4.90 Å². The van der Waals surface area contributed by atoms with E-state index in [-0.39, 0.29) is 5.82 Å². The van der Waals surface area contributed by atoms with E-state index in [0.29, 0.717) is 11.3 Å². The normalized spacial score (nSPS) is 31.3. The van der Waals surface area contributed by atoms with E-state index >= 15 is 0 Å². The van der Waals surface area contributed by atoms with Crippen molar-refractivity contribution < 1.29 is 9.13 Å². The molecule has 0 N–H and O–H groups in total. The van der Waals surface area contributed by atoms with Crippen molar-refractivity contribution >= 4 is 0 Å². The first-order chi connectivity index (χ1) is 11.7. The summed E-state index contributed by atoms with van der Waals surface area (Å²) >= 11 is 0. The van der Waals surface area contributed by atoms with E-state index < -0.39 is 0 Å². The van der Waals surface area contributed by atoms with Crippen LogP contribution in [-0.2, 0) is 11.3 Å². The van der Waals surface area contributed by atoms with Crippen molar-refractivity contribution in [3.05, 3.63) is 35.6 Å². The topological polar surface area (TPSA) is 15.7 Å². The second kappa shape index (κ2) is 6.74. The Morgan fingerprint density at radius 2 is 2.08 bits per heavy atom. The van der Waals surface area contributed by atoms with Crippen LogP contribution in [0.15, 0.2) is 24.3 Å². The zero-order chi connectivity index (χ0) is 16.6. The Morgan fingerprint density at radius 1 is 1.25 bits per heavy atom. The number of rotatable bonds is 6. The highest BCUT2D eigenvalue weighted by Gasteiger charge is 2.50. The molecule has 0 radical (unpaired) electrons. The summed E-state index contributed by atoms with van der Waals surface area (Å²) in [7, 11) is 1.83. The molecule has 3 nitrogen and oxygen atoms in total. The third kappa shape index (κ3) is 3.51. The van der Waals surface area contributed by atoms with Gasteiger partial charge in [0.05, 0.1) is 6.61 Å². The number of benzene rings is 1. The maximum atomic E-state index is 13.4. The van der Waals surface area contributed by atoms with E-state index in [0.717, 1.165) is 37.7 Å². The van der Waals surface area contributed by atoms with E-state index in [1.165, 1.54) is 45.0 Å². The number of likely N-dealkylation sites (tertiary alicyclic amines) is 2. The number of hydrogen-bond donors (Lipinski definition) is 0. The van der Waals surface area contributed by atoms with Crippen molar-refractivity contribution in [1.82, 2.24) is 9.80 Å². The van der Waals surface area contributed by atoms with Crippen LogP contribution in [0.4, 0.5) is 4.39 Å². The summed E-state index contributed by atoms with van der Waals surface area (Å²) in [6, 6.07) is 7.05. The van der Waals surface area contributed by atoms with Gasteiger partial charge in [-0.25, -0.2) is 4.39 Å². The lowest BCUT2D eigenvalue weighted by atomic mass is 9.77. The first-order valence-electron chi connectivity index (χ1n) is 9.35. The minimum Gasteiger partial charge on any atom is -0.384 e. The summed E-state index contributed by atoms with van der Waals surface area (Å²) in [4.78, 5) is 5.20. The maximum Gasteiger partial charge on any atom is 0.123 e. The first kappa shape index (κ1) is 16.5. The standard InChI is InChI=1S/C20H29FN2O/c1-24-13-18-12-23(10-16-5-6-16)15-20(18)7-8-22(14-20)11-17-3-2-4-19(21)9-17/h2-4,9,16,18H,5-8,10-15H2,1H3/t18-,20-/m0/s1. The summed E-state index contributed by atoms with van der Waals surface area (Å²) in [6.45, 7) is 7.67. The molecule has 2 atom stereocenters. The van der Waals surface area contributed by atoms with Crippen LogP contribution in [0, 0.1) is 23.1 Å². The summed E-state index contributed by atoms with van der Waals surface area (Å²) in [5.41, 5.74) is 1.46. The van der Waals surface area contributed by atoms with Gasteiger partial charge < -0.3 is 9.64 Å². The molecule has 4 heteroatoms. The van der Waals surface area contributed by atoms with Crippen molar-refractivity contribution in [2.45, 2.75) is 25.8 Å². The van der Waals surface area contributed by atoms with Crippen molar-refractivity contribution in [2.24, 2.45) is 17.3 Å². The van der Waals surface area contributed by atoms with Gasteiger partial charge in [-0.1, -0.05) is 12.1 Å². The zero-order valence-electron chi connectivity index (χ0n) is 14.7. The van der Waals surface area contributed by atoms with Crippen LogP contribution in [0.25, 0.3) is 0 Å². The molecule has 1 saturated carbocycles. The van der Waals surface area contributed by atoms with Gasteiger partial charge in [0, 0.05) is 51.2 Å². The highest BCUT2D eigenvalue weighted by molar-refractivity contribution is 5.17. The van der Waals surface area contributed by atoms with Gasteiger partial charge in [0.15, 0.2) is 0 Å². The zero-order valence-corrected chi connectivity index (χ0v) is 14.7. The third-order valence-electron chi connectivity index (χ3n) is 6.22. The molecule has 2 aliphatic heterocycles. The van der Waals surface area contributed by atoms with Gasteiger partial charge in [-0.15, -0.1) is 0 Å². The van der Waals surface area contributed by atoms with E-state index in [9.17, 15) is 4.39 Å². The van der Waals surface area contributed by atoms with Crippen molar-refractivity contribution in [1.29, 1.82) is 0 Å². The molecule has 4 rings (SSSR count). The third-order valence-corrected chi connectivity index (χ3v) is 6.22. The number of ether oxygens (including phenoxy) is 1. The molecule has 1 aromatic rings. The first-order valence-corrected chi connectivity index (χ1v) is 9.35. The maximum absolute atomic E-state index is 13.4. The molecule has 24 heavy (non-hydrogen) atoms. The molecule has 3 fully saturated rings. The van der Waals surface area contributed by atoms with Gasteiger partial charge in [0.2, 0.25) is 0 Å². The van der Waals surface area contributed by atoms with Crippen LogP contribution in [0.3, 0.4) is 0 Å². The number of halogens is 1. The van der Waals surface area contributed by atoms with Gasteiger partial charge in [0.1, 0.15) is 5.82 Å². The fourth-order valence-electron chi connectivity index (χ4n) is 4.85. The van der Waals surface area contributed by atoms with Gasteiger partial charge in [-0.05, 0) is 49.4 Å². The van der Waals surface area contributed by atoms with Gasteiger partial charge in [0.25, 0.3) is 0 Å². The average Bonchev–Trinajstić information content (AvgIpc) is 3.18. The lowest BCUT2D eigenvalue weighted by molar-refractivity contribution is 0.0959. The highest BCUT2D eigenvalue weighted by atomic mass is 19.1. The predicted molar refractivity (Wildman–Crippen MR) is 93.3 cm³/mol. The fourth-order valence-corrected chi connectivity index (χ4v) is 4.85. The quantitative estimate of drug-likeness (QED) is 0.796. The van der Waals surface area contributed by atoms with E-state index in [4.69, 9.17) is 4.74 Å². The minimum atomic E-state index is -0.129. The smallest absolute Gasteiger partial charge is 0.123 e. The Bertz CT molecular complexity index is 577. The van der Waals surface area contributed by atoms with E-state index in [1.807, 2.05) is 19.2 Å². The van der Waals surface area contributed by atoms with Crippen molar-refractivity contribution in [2.75, 3.05) is 46.4 Å². The van der Waals surface area contributed by atoms with Gasteiger partial charge >= 0.3 is 0 Å². The Kier molecular flexibility index (Phi) is 4.63. The fraction of sp³-hybridized carbons (Fsp3) is 0.700. The molecule has 0 unspecified atom stereocenters. The van der Waals surface area contributed by atoms with Crippen LogP contribution in [0.5, 0.6) is 0 Å². The van der Waals surface area contributed by atoms with Crippen LogP contribution in [0.1, 0.15) is 24.8 Å². The van der Waals surface area contributed by atoms with Crippen LogP contribution in [-0.4, -0.2) is 56.2 Å². The monoisotopic (exact) mass is 332 g/mol. The minimum absolute atomic E-state index is 0.129. The molecule has 132 valence electrons. The van der Waals surface area contributed by atoms with Crippen LogP contribution < -0.4 is 0 Å². The molecular formula is C20H29FN2O. The number of nitrogens with zero attached hydrogens (tertiary/aromatic N) is 2. The van der Waals surface area contributed by atoms with Crippen molar-refractivity contribution in [3.8, 4) is 0 Å². The number of methoxy groups -OCH3 is 1. The number of hydrogen-bond acceptors (Lipinski definition) is 3. The highest BCUT2D eigenvalue weighted by Crippen LogP contribution is 2.45. The largest absolute Gasteiger partial charge is 0.384 e. The molecule has 2 saturated heterocycles. The predicted octanol–water partition coefficient (Wildman–Crippen LogP) is 3.01. The van der Waals surface area contributed by atoms with Crippen LogP contribution >= 0.6 is 0 Å². The molecule has 0 amide bonds. The molecule has 1 aromatic carbocycles. The Hall–Kier alpha value is -0.970. The second-order valence-corrected chi connectivity index (χ2v) is 8.24. The van der Waals surface area contributed by atoms with Crippen molar-refractivity contribution in [3.63, 3.8) is 0 Å². The molecule has 0 aromatic heterocycles.